The van der Waals surface area contributed by atoms with E-state index in [0.717, 1.165) is 5.56 Å². The lowest BCUT2D eigenvalue weighted by molar-refractivity contribution is 0.0951. The molecular weight excluding hydrogens is 290 g/mol. The standard InChI is InChI=1S/C16H16ClNO3/c1-20-12-7-8-15(21-2)11(9-12)10-18-16(19)13-5-3-4-6-14(13)17/h3-9H,10H2,1-2H3,(H,18,19). The summed E-state index contributed by atoms with van der Waals surface area (Å²) < 4.78 is 10.4. The van der Waals surface area contributed by atoms with E-state index in [1.807, 2.05) is 6.07 Å². The van der Waals surface area contributed by atoms with E-state index in [1.54, 1.807) is 50.6 Å². The second kappa shape index (κ2) is 6.99. The molecule has 2 rings (SSSR count). The van der Waals surface area contributed by atoms with Gasteiger partial charge in [-0.15, -0.1) is 0 Å². The fraction of sp³-hybridized carbons (Fsp3) is 0.188. The molecule has 0 aromatic heterocycles. The molecule has 0 atom stereocenters. The van der Waals surface area contributed by atoms with Crippen LogP contribution in [0.15, 0.2) is 42.5 Å². The highest BCUT2D eigenvalue weighted by atomic mass is 35.5. The van der Waals surface area contributed by atoms with Crippen LogP contribution in [0.2, 0.25) is 5.02 Å². The Bertz CT molecular complexity index is 643. The maximum atomic E-state index is 12.1. The number of carbonyl (C=O) groups excluding carboxylic acids is 1. The van der Waals surface area contributed by atoms with Gasteiger partial charge >= 0.3 is 0 Å². The molecule has 0 aliphatic heterocycles. The molecule has 0 heterocycles. The summed E-state index contributed by atoms with van der Waals surface area (Å²) in [5.41, 5.74) is 1.28. The molecule has 0 spiro atoms. The lowest BCUT2D eigenvalue weighted by atomic mass is 10.1. The minimum Gasteiger partial charge on any atom is -0.497 e. The minimum absolute atomic E-state index is 0.231. The van der Waals surface area contributed by atoms with Crippen LogP contribution in [-0.2, 0) is 6.54 Å². The highest BCUT2D eigenvalue weighted by molar-refractivity contribution is 6.33. The molecule has 0 radical (unpaired) electrons. The number of amides is 1. The molecule has 0 bridgehead atoms. The number of hydrogen-bond acceptors (Lipinski definition) is 3. The van der Waals surface area contributed by atoms with Gasteiger partial charge in [-0.05, 0) is 30.3 Å². The highest BCUT2D eigenvalue weighted by Crippen LogP contribution is 2.24. The topological polar surface area (TPSA) is 47.6 Å². The van der Waals surface area contributed by atoms with E-state index in [0.29, 0.717) is 28.6 Å². The summed E-state index contributed by atoms with van der Waals surface area (Å²) in [6.07, 6.45) is 0. The van der Waals surface area contributed by atoms with Crippen molar-refractivity contribution >= 4 is 17.5 Å². The van der Waals surface area contributed by atoms with Gasteiger partial charge in [0.15, 0.2) is 0 Å². The zero-order chi connectivity index (χ0) is 15.2. The fourth-order valence-corrected chi connectivity index (χ4v) is 2.16. The second-order valence-electron chi connectivity index (χ2n) is 4.34. The number of ether oxygens (including phenoxy) is 2. The van der Waals surface area contributed by atoms with Crippen LogP contribution >= 0.6 is 11.6 Å². The highest BCUT2D eigenvalue weighted by Gasteiger charge is 2.11. The maximum absolute atomic E-state index is 12.1. The molecular formula is C16H16ClNO3. The number of rotatable bonds is 5. The van der Waals surface area contributed by atoms with Gasteiger partial charge in [-0.2, -0.15) is 0 Å². The Labute approximate surface area is 128 Å². The van der Waals surface area contributed by atoms with E-state index in [1.165, 1.54) is 0 Å². The summed E-state index contributed by atoms with van der Waals surface area (Å²) >= 11 is 6.00. The molecule has 2 aromatic rings. The zero-order valence-corrected chi connectivity index (χ0v) is 12.6. The normalized spacial score (nSPS) is 10.0. The van der Waals surface area contributed by atoms with E-state index < -0.39 is 0 Å². The lowest BCUT2D eigenvalue weighted by Crippen LogP contribution is -2.23. The van der Waals surface area contributed by atoms with E-state index in [2.05, 4.69) is 5.32 Å². The van der Waals surface area contributed by atoms with Crippen LogP contribution in [0.1, 0.15) is 15.9 Å². The van der Waals surface area contributed by atoms with Crippen LogP contribution in [0.3, 0.4) is 0 Å². The van der Waals surface area contributed by atoms with Crippen molar-refractivity contribution in [3.8, 4) is 11.5 Å². The predicted molar refractivity (Wildman–Crippen MR) is 82.2 cm³/mol. The Balaban J connectivity index is 2.12. The summed E-state index contributed by atoms with van der Waals surface area (Å²) in [5, 5.41) is 3.25. The summed E-state index contributed by atoms with van der Waals surface area (Å²) in [7, 11) is 3.18. The third kappa shape index (κ3) is 3.67. The number of nitrogens with one attached hydrogen (secondary N) is 1. The first kappa shape index (κ1) is 15.2. The Morgan fingerprint density at radius 2 is 1.90 bits per heavy atom. The molecule has 0 unspecified atom stereocenters. The molecule has 0 saturated carbocycles. The van der Waals surface area contributed by atoms with Gasteiger partial charge in [0.2, 0.25) is 0 Å². The smallest absolute Gasteiger partial charge is 0.253 e. The Kier molecular flexibility index (Phi) is 5.06. The number of hydrogen-bond donors (Lipinski definition) is 1. The maximum Gasteiger partial charge on any atom is 0.253 e. The van der Waals surface area contributed by atoms with Crippen molar-refractivity contribution in [3.05, 3.63) is 58.6 Å². The molecule has 0 aliphatic rings. The van der Waals surface area contributed by atoms with Crippen molar-refractivity contribution < 1.29 is 14.3 Å². The molecule has 1 N–H and O–H groups in total. The molecule has 5 heteroatoms. The molecule has 0 aliphatic carbocycles. The lowest BCUT2D eigenvalue weighted by Gasteiger charge is -2.12. The Hall–Kier alpha value is -2.20. The van der Waals surface area contributed by atoms with Crippen LogP contribution in [0.4, 0.5) is 0 Å². The summed E-state index contributed by atoms with van der Waals surface area (Å²) in [6.45, 7) is 0.324. The first-order chi connectivity index (χ1) is 10.2. The van der Waals surface area contributed by atoms with E-state index in [4.69, 9.17) is 21.1 Å². The third-order valence-corrected chi connectivity index (χ3v) is 3.38. The quantitative estimate of drug-likeness (QED) is 0.922. The van der Waals surface area contributed by atoms with Gasteiger partial charge in [0.05, 0.1) is 24.8 Å². The summed E-state index contributed by atoms with van der Waals surface area (Å²) in [4.78, 5) is 12.1. The first-order valence-electron chi connectivity index (χ1n) is 6.39. The number of methoxy groups -OCH3 is 2. The van der Waals surface area contributed by atoms with Crippen molar-refractivity contribution in [1.29, 1.82) is 0 Å². The molecule has 0 saturated heterocycles. The SMILES string of the molecule is COc1ccc(OC)c(CNC(=O)c2ccccc2Cl)c1. The second-order valence-corrected chi connectivity index (χ2v) is 4.75. The third-order valence-electron chi connectivity index (χ3n) is 3.05. The average Bonchev–Trinajstić information content (AvgIpc) is 2.52. The number of halogens is 1. The molecule has 1 amide bonds. The van der Waals surface area contributed by atoms with Crippen molar-refractivity contribution in [2.24, 2.45) is 0 Å². The minimum atomic E-state index is -0.231. The molecule has 0 fully saturated rings. The van der Waals surface area contributed by atoms with Crippen LogP contribution in [0.5, 0.6) is 11.5 Å². The van der Waals surface area contributed by atoms with Crippen molar-refractivity contribution in [1.82, 2.24) is 5.32 Å². The van der Waals surface area contributed by atoms with Crippen molar-refractivity contribution in [2.45, 2.75) is 6.54 Å². The summed E-state index contributed by atoms with van der Waals surface area (Å²) in [5.74, 6) is 1.17. The van der Waals surface area contributed by atoms with Crippen LogP contribution in [0.25, 0.3) is 0 Å². The van der Waals surface area contributed by atoms with Crippen LogP contribution in [-0.4, -0.2) is 20.1 Å². The summed E-state index contributed by atoms with van der Waals surface area (Å²) in [6, 6.07) is 12.3. The van der Waals surface area contributed by atoms with Crippen molar-refractivity contribution in [2.75, 3.05) is 14.2 Å². The van der Waals surface area contributed by atoms with Crippen LogP contribution in [0, 0.1) is 0 Å². The fourth-order valence-electron chi connectivity index (χ4n) is 1.94. The van der Waals surface area contributed by atoms with Crippen molar-refractivity contribution in [3.63, 3.8) is 0 Å². The van der Waals surface area contributed by atoms with Gasteiger partial charge in [-0.1, -0.05) is 23.7 Å². The van der Waals surface area contributed by atoms with E-state index >= 15 is 0 Å². The van der Waals surface area contributed by atoms with Crippen LogP contribution < -0.4 is 14.8 Å². The van der Waals surface area contributed by atoms with Gasteiger partial charge in [-0.25, -0.2) is 0 Å². The number of carbonyl (C=O) groups is 1. The van der Waals surface area contributed by atoms with E-state index in [9.17, 15) is 4.79 Å². The molecule has 2 aromatic carbocycles. The van der Waals surface area contributed by atoms with Gasteiger partial charge in [0, 0.05) is 12.1 Å². The predicted octanol–water partition coefficient (Wildman–Crippen LogP) is 3.29. The van der Waals surface area contributed by atoms with Gasteiger partial charge in [-0.3, -0.25) is 4.79 Å². The zero-order valence-electron chi connectivity index (χ0n) is 11.9. The van der Waals surface area contributed by atoms with Gasteiger partial charge in [0.1, 0.15) is 11.5 Å². The average molecular weight is 306 g/mol. The van der Waals surface area contributed by atoms with E-state index in [-0.39, 0.29) is 5.91 Å². The van der Waals surface area contributed by atoms with Gasteiger partial charge in [0.25, 0.3) is 5.91 Å². The Morgan fingerprint density at radius 1 is 1.14 bits per heavy atom. The molecule has 4 nitrogen and oxygen atoms in total. The largest absolute Gasteiger partial charge is 0.497 e. The van der Waals surface area contributed by atoms with Gasteiger partial charge < -0.3 is 14.8 Å². The molecule has 110 valence electrons. The monoisotopic (exact) mass is 305 g/mol. The molecule has 21 heavy (non-hydrogen) atoms. The Morgan fingerprint density at radius 3 is 2.57 bits per heavy atom. The number of benzene rings is 2. The first-order valence-corrected chi connectivity index (χ1v) is 6.77.